The second-order valence-corrected chi connectivity index (χ2v) is 8.25. The summed E-state index contributed by atoms with van der Waals surface area (Å²) < 4.78 is 10.9. The summed E-state index contributed by atoms with van der Waals surface area (Å²) in [5.74, 6) is -4.15. The van der Waals surface area contributed by atoms with Crippen LogP contribution in [-0.4, -0.2) is 57.5 Å². The number of hydrogen-bond donors (Lipinski definition) is 2. The summed E-state index contributed by atoms with van der Waals surface area (Å²) in [7, 11) is 3.05. The van der Waals surface area contributed by atoms with Gasteiger partial charge in [-0.2, -0.15) is 0 Å². The maximum Gasteiger partial charge on any atom is 0.320 e. The summed E-state index contributed by atoms with van der Waals surface area (Å²) in [4.78, 5) is 37.6. The number of carboxylic acid groups (broad SMARTS) is 2. The minimum absolute atomic E-state index is 0.126. The van der Waals surface area contributed by atoms with E-state index in [-0.39, 0.29) is 15.6 Å². The molecule has 0 aromatic heterocycles. The van der Waals surface area contributed by atoms with E-state index in [0.29, 0.717) is 23.5 Å². The third-order valence-corrected chi connectivity index (χ3v) is 6.08. The van der Waals surface area contributed by atoms with Crippen LogP contribution in [0.1, 0.15) is 30.9 Å². The number of nitrogens with zero attached hydrogens (tertiary/aromatic N) is 1. The molecule has 1 atom stereocenters. The normalized spacial score (nSPS) is 16.3. The average molecular weight is 454 g/mol. The van der Waals surface area contributed by atoms with E-state index in [2.05, 4.69) is 0 Å². The molecule has 1 saturated heterocycles. The number of amides is 1. The molecule has 8 nitrogen and oxygen atoms in total. The van der Waals surface area contributed by atoms with Gasteiger partial charge in [0.05, 0.1) is 25.2 Å². The van der Waals surface area contributed by atoms with Crippen LogP contribution in [0.5, 0.6) is 11.5 Å². The lowest BCUT2D eigenvalue weighted by Crippen LogP contribution is -2.48. The Kier molecular flexibility index (Phi) is 7.85. The van der Waals surface area contributed by atoms with Gasteiger partial charge in [-0.3, -0.25) is 19.3 Å². The van der Waals surface area contributed by atoms with Crippen LogP contribution >= 0.6 is 24.0 Å². The predicted octanol–water partition coefficient (Wildman–Crippen LogP) is 3.17. The number of aliphatic carboxylic acids is 2. The van der Waals surface area contributed by atoms with Crippen molar-refractivity contribution in [3.8, 4) is 11.5 Å². The highest BCUT2D eigenvalue weighted by Gasteiger charge is 2.45. The standard InChI is InChI=1S/C20H23NO7S2/c1-5-6-12(15(18(23)24)19(25)26)21-17(22)14(30-20(21)29)9-11-7-8-13(27-3)10(2)16(11)28-4/h7-9,12,15H,5-6H2,1-4H3,(H,23,24)(H,25,26)/b14-9+. The molecule has 0 bridgehead atoms. The topological polar surface area (TPSA) is 113 Å². The fraction of sp³-hybridized carbons (Fsp3) is 0.400. The number of methoxy groups -OCH3 is 2. The molecule has 1 aromatic carbocycles. The summed E-state index contributed by atoms with van der Waals surface area (Å²) in [5, 5.41) is 18.8. The molecule has 0 radical (unpaired) electrons. The minimum Gasteiger partial charge on any atom is -0.496 e. The molecule has 162 valence electrons. The Morgan fingerprint density at radius 1 is 1.23 bits per heavy atom. The van der Waals surface area contributed by atoms with Gasteiger partial charge in [0.1, 0.15) is 15.8 Å². The quantitative estimate of drug-likeness (QED) is 0.331. The van der Waals surface area contributed by atoms with Gasteiger partial charge >= 0.3 is 11.9 Å². The highest BCUT2D eigenvalue weighted by atomic mass is 32.2. The Balaban J connectivity index is 2.48. The molecule has 2 N–H and O–H groups in total. The molecule has 10 heteroatoms. The number of hydrogen-bond acceptors (Lipinski definition) is 7. The van der Waals surface area contributed by atoms with Gasteiger partial charge in [-0.1, -0.05) is 37.3 Å². The first-order valence-electron chi connectivity index (χ1n) is 9.12. The third kappa shape index (κ3) is 4.59. The molecule has 1 aliphatic heterocycles. The van der Waals surface area contributed by atoms with Gasteiger partial charge in [0, 0.05) is 11.1 Å². The Bertz CT molecular complexity index is 899. The minimum atomic E-state index is -1.77. The number of benzene rings is 1. The lowest BCUT2D eigenvalue weighted by atomic mass is 9.94. The summed E-state index contributed by atoms with van der Waals surface area (Å²) in [6, 6.07) is 2.40. The van der Waals surface area contributed by atoms with E-state index in [1.807, 2.05) is 6.92 Å². The van der Waals surface area contributed by atoms with Gasteiger partial charge in [-0.25, -0.2) is 0 Å². The van der Waals surface area contributed by atoms with Crippen molar-refractivity contribution < 1.29 is 34.1 Å². The Hall–Kier alpha value is -2.59. The largest absolute Gasteiger partial charge is 0.496 e. The third-order valence-electron chi connectivity index (χ3n) is 4.75. The number of rotatable bonds is 9. The van der Waals surface area contributed by atoms with E-state index in [0.717, 1.165) is 22.2 Å². The molecular weight excluding hydrogens is 430 g/mol. The number of carboxylic acids is 2. The Morgan fingerprint density at radius 3 is 2.37 bits per heavy atom. The summed E-state index contributed by atoms with van der Waals surface area (Å²) in [5.41, 5.74) is 1.38. The summed E-state index contributed by atoms with van der Waals surface area (Å²) in [6.45, 7) is 3.61. The molecule has 30 heavy (non-hydrogen) atoms. The van der Waals surface area contributed by atoms with Crippen LogP contribution in [0.4, 0.5) is 0 Å². The Morgan fingerprint density at radius 2 is 1.87 bits per heavy atom. The van der Waals surface area contributed by atoms with E-state index >= 15 is 0 Å². The van der Waals surface area contributed by atoms with Gasteiger partial charge in [0.2, 0.25) is 0 Å². The van der Waals surface area contributed by atoms with E-state index < -0.39 is 29.8 Å². The van der Waals surface area contributed by atoms with Crippen molar-refractivity contribution in [2.24, 2.45) is 5.92 Å². The summed E-state index contributed by atoms with van der Waals surface area (Å²) in [6.07, 6.45) is 2.28. The molecule has 1 aliphatic rings. The van der Waals surface area contributed by atoms with Gasteiger partial charge in [0.25, 0.3) is 5.91 Å². The zero-order valence-electron chi connectivity index (χ0n) is 17.0. The van der Waals surface area contributed by atoms with Crippen molar-refractivity contribution in [3.05, 3.63) is 28.2 Å². The van der Waals surface area contributed by atoms with Gasteiger partial charge in [-0.15, -0.1) is 0 Å². The molecule has 1 amide bonds. The highest BCUT2D eigenvalue weighted by molar-refractivity contribution is 8.26. The molecular formula is C20H23NO7S2. The molecule has 2 rings (SSSR count). The number of carbonyl (C=O) groups is 3. The second kappa shape index (κ2) is 9.94. The van der Waals surface area contributed by atoms with Crippen LogP contribution in [-0.2, 0) is 14.4 Å². The van der Waals surface area contributed by atoms with Gasteiger partial charge < -0.3 is 19.7 Å². The first-order valence-corrected chi connectivity index (χ1v) is 10.3. The number of thioether (sulfide) groups is 1. The second-order valence-electron chi connectivity index (χ2n) is 6.58. The van der Waals surface area contributed by atoms with E-state index in [1.165, 1.54) is 7.11 Å². The fourth-order valence-corrected chi connectivity index (χ4v) is 4.75. The molecule has 1 heterocycles. The van der Waals surface area contributed by atoms with Crippen LogP contribution in [0.15, 0.2) is 17.0 Å². The van der Waals surface area contributed by atoms with Crippen molar-refractivity contribution in [3.63, 3.8) is 0 Å². The maximum atomic E-state index is 13.1. The van der Waals surface area contributed by atoms with Crippen molar-refractivity contribution in [2.45, 2.75) is 32.7 Å². The van der Waals surface area contributed by atoms with Crippen LogP contribution in [0.3, 0.4) is 0 Å². The van der Waals surface area contributed by atoms with E-state index in [9.17, 15) is 24.6 Å². The molecule has 0 saturated carbocycles. The number of carbonyl (C=O) groups excluding carboxylic acids is 1. The SMILES string of the molecule is CCCC(C(C(=O)O)C(=O)O)N1C(=O)/C(=C\c2ccc(OC)c(C)c2OC)SC1=S. The highest BCUT2D eigenvalue weighted by Crippen LogP contribution is 2.39. The van der Waals surface area contributed by atoms with Crippen molar-refractivity contribution >= 4 is 52.2 Å². The van der Waals surface area contributed by atoms with Crippen LogP contribution in [0.2, 0.25) is 0 Å². The molecule has 1 aromatic rings. The van der Waals surface area contributed by atoms with Crippen molar-refractivity contribution in [1.29, 1.82) is 0 Å². The maximum absolute atomic E-state index is 13.1. The lowest BCUT2D eigenvalue weighted by molar-refractivity contribution is -0.157. The van der Waals surface area contributed by atoms with E-state index in [4.69, 9.17) is 21.7 Å². The summed E-state index contributed by atoms with van der Waals surface area (Å²) >= 11 is 6.31. The first kappa shape index (κ1) is 23.7. The average Bonchev–Trinajstić information content (AvgIpc) is 2.94. The van der Waals surface area contributed by atoms with Crippen LogP contribution in [0, 0.1) is 12.8 Å². The number of ether oxygens (including phenoxy) is 2. The first-order chi connectivity index (χ1) is 14.2. The molecule has 0 spiro atoms. The fourth-order valence-electron chi connectivity index (χ4n) is 3.38. The lowest BCUT2D eigenvalue weighted by Gasteiger charge is -2.29. The van der Waals surface area contributed by atoms with Gasteiger partial charge in [-0.05, 0) is 31.6 Å². The zero-order valence-corrected chi connectivity index (χ0v) is 18.6. The zero-order chi connectivity index (χ0) is 22.6. The van der Waals surface area contributed by atoms with Crippen molar-refractivity contribution in [1.82, 2.24) is 4.90 Å². The number of thiocarbonyl (C=S) groups is 1. The van der Waals surface area contributed by atoms with Crippen molar-refractivity contribution in [2.75, 3.05) is 14.2 Å². The molecule has 1 unspecified atom stereocenters. The van der Waals surface area contributed by atoms with E-state index in [1.54, 1.807) is 32.2 Å². The monoisotopic (exact) mass is 453 g/mol. The Labute approximate surface area is 183 Å². The smallest absolute Gasteiger partial charge is 0.320 e. The van der Waals surface area contributed by atoms with Gasteiger partial charge in [0.15, 0.2) is 5.92 Å². The van der Waals surface area contributed by atoms with Crippen LogP contribution < -0.4 is 9.47 Å². The van der Waals surface area contributed by atoms with Crippen LogP contribution in [0.25, 0.3) is 6.08 Å². The molecule has 1 fully saturated rings. The predicted molar refractivity (Wildman–Crippen MR) is 117 cm³/mol. The molecule has 0 aliphatic carbocycles.